The predicted molar refractivity (Wildman–Crippen MR) is 129 cm³/mol. The second kappa shape index (κ2) is 9.97. The van der Waals surface area contributed by atoms with Crippen LogP contribution in [-0.4, -0.2) is 48.1 Å². The molecule has 0 spiro atoms. The number of anilines is 1. The fourth-order valence-electron chi connectivity index (χ4n) is 4.23. The molecular weight excluding hydrogens is 444 g/mol. The van der Waals surface area contributed by atoms with Crippen molar-refractivity contribution in [2.24, 2.45) is 11.8 Å². The molecule has 4 rings (SSSR count). The SMILES string of the molecule is COc1ccc(-c2nc(C(=O)Nc3nc(CN4C[C@H](C)C[C@H](C)C4)cs3)cs2)cc1OC. The maximum Gasteiger partial charge on any atom is 0.276 e. The summed E-state index contributed by atoms with van der Waals surface area (Å²) in [7, 11) is 3.19. The highest BCUT2D eigenvalue weighted by atomic mass is 32.1. The number of nitrogens with one attached hydrogen (secondary N) is 1. The Balaban J connectivity index is 1.40. The van der Waals surface area contributed by atoms with Crippen LogP contribution in [-0.2, 0) is 6.54 Å². The van der Waals surface area contributed by atoms with Crippen molar-refractivity contribution >= 4 is 33.7 Å². The number of rotatable bonds is 7. The Kier molecular flexibility index (Phi) is 7.07. The lowest BCUT2D eigenvalue weighted by Crippen LogP contribution is -2.38. The van der Waals surface area contributed by atoms with E-state index < -0.39 is 0 Å². The molecule has 0 aliphatic carbocycles. The zero-order valence-corrected chi connectivity index (χ0v) is 20.4. The average molecular weight is 473 g/mol. The van der Waals surface area contributed by atoms with Crippen molar-refractivity contribution in [2.75, 3.05) is 32.6 Å². The molecule has 170 valence electrons. The molecule has 1 aromatic carbocycles. The van der Waals surface area contributed by atoms with Crippen molar-refractivity contribution in [2.45, 2.75) is 26.8 Å². The lowest BCUT2D eigenvalue weighted by atomic mass is 9.92. The summed E-state index contributed by atoms with van der Waals surface area (Å²) < 4.78 is 10.6. The Labute approximate surface area is 196 Å². The van der Waals surface area contributed by atoms with Gasteiger partial charge in [0.1, 0.15) is 10.7 Å². The minimum Gasteiger partial charge on any atom is -0.493 e. The van der Waals surface area contributed by atoms with E-state index in [1.165, 1.54) is 29.1 Å². The van der Waals surface area contributed by atoms with Crippen molar-refractivity contribution in [1.29, 1.82) is 0 Å². The van der Waals surface area contributed by atoms with Crippen LogP contribution >= 0.6 is 22.7 Å². The summed E-state index contributed by atoms with van der Waals surface area (Å²) in [6, 6.07) is 5.59. The second-order valence-electron chi connectivity index (χ2n) is 8.35. The van der Waals surface area contributed by atoms with Crippen LogP contribution in [0.15, 0.2) is 29.0 Å². The number of amides is 1. The van der Waals surface area contributed by atoms with Crippen LogP contribution in [0.2, 0.25) is 0 Å². The average Bonchev–Trinajstić information content (AvgIpc) is 3.42. The van der Waals surface area contributed by atoms with Crippen LogP contribution < -0.4 is 14.8 Å². The van der Waals surface area contributed by atoms with Gasteiger partial charge in [0, 0.05) is 36.0 Å². The number of thiazole rings is 2. The number of carbonyl (C=O) groups is 1. The molecule has 9 heteroatoms. The first-order chi connectivity index (χ1) is 15.4. The van der Waals surface area contributed by atoms with E-state index in [-0.39, 0.29) is 5.91 Å². The van der Waals surface area contributed by atoms with Gasteiger partial charge in [0.05, 0.1) is 19.9 Å². The quantitative estimate of drug-likeness (QED) is 0.521. The number of methoxy groups -OCH3 is 2. The number of nitrogens with zero attached hydrogens (tertiary/aromatic N) is 3. The Hall–Kier alpha value is -2.49. The van der Waals surface area contributed by atoms with Crippen LogP contribution in [0.4, 0.5) is 5.13 Å². The first-order valence-corrected chi connectivity index (χ1v) is 12.4. The van der Waals surface area contributed by atoms with Gasteiger partial charge in [-0.1, -0.05) is 13.8 Å². The molecule has 1 N–H and O–H groups in total. The van der Waals surface area contributed by atoms with Crippen molar-refractivity contribution in [3.8, 4) is 22.1 Å². The minimum atomic E-state index is -0.255. The Morgan fingerprint density at radius 1 is 1.09 bits per heavy atom. The molecule has 7 nitrogen and oxygen atoms in total. The van der Waals surface area contributed by atoms with E-state index in [1.807, 2.05) is 23.6 Å². The monoisotopic (exact) mass is 472 g/mol. The summed E-state index contributed by atoms with van der Waals surface area (Å²) >= 11 is 2.86. The van der Waals surface area contributed by atoms with Gasteiger partial charge in [0.15, 0.2) is 16.6 Å². The maximum atomic E-state index is 12.7. The summed E-state index contributed by atoms with van der Waals surface area (Å²) in [6.07, 6.45) is 1.29. The predicted octanol–water partition coefficient (Wildman–Crippen LogP) is 5.01. The number of carbonyl (C=O) groups excluding carboxylic acids is 1. The number of ether oxygens (including phenoxy) is 2. The van der Waals surface area contributed by atoms with Crippen LogP contribution in [0, 0.1) is 11.8 Å². The zero-order valence-electron chi connectivity index (χ0n) is 18.8. The van der Waals surface area contributed by atoms with E-state index in [1.54, 1.807) is 19.6 Å². The van der Waals surface area contributed by atoms with E-state index >= 15 is 0 Å². The number of likely N-dealkylation sites (tertiary alicyclic amines) is 1. The number of benzene rings is 1. The normalized spacial score (nSPS) is 19.0. The summed E-state index contributed by atoms with van der Waals surface area (Å²) in [5.74, 6) is 2.44. The van der Waals surface area contributed by atoms with Gasteiger partial charge in [-0.2, -0.15) is 0 Å². The third-order valence-electron chi connectivity index (χ3n) is 5.47. The van der Waals surface area contributed by atoms with E-state index in [4.69, 9.17) is 9.47 Å². The Bertz CT molecular complexity index is 1070. The number of hydrogen-bond acceptors (Lipinski definition) is 8. The van der Waals surface area contributed by atoms with Gasteiger partial charge in [-0.3, -0.25) is 15.0 Å². The molecule has 1 amide bonds. The minimum absolute atomic E-state index is 0.255. The van der Waals surface area contributed by atoms with Crippen LogP contribution in [0.5, 0.6) is 11.5 Å². The van der Waals surface area contributed by atoms with Gasteiger partial charge in [0.25, 0.3) is 5.91 Å². The first kappa shape index (κ1) is 22.7. The molecule has 0 bridgehead atoms. The molecule has 0 saturated carbocycles. The molecule has 1 saturated heterocycles. The second-order valence-corrected chi connectivity index (χ2v) is 10.1. The maximum absolute atomic E-state index is 12.7. The highest BCUT2D eigenvalue weighted by Gasteiger charge is 2.22. The third-order valence-corrected chi connectivity index (χ3v) is 7.17. The fourth-order valence-corrected chi connectivity index (χ4v) is 5.72. The molecule has 3 heterocycles. The lowest BCUT2D eigenvalue weighted by molar-refractivity contribution is 0.102. The number of piperidine rings is 1. The topological polar surface area (TPSA) is 76.6 Å². The molecule has 0 radical (unpaired) electrons. The molecule has 1 aliphatic rings. The molecule has 1 aliphatic heterocycles. The van der Waals surface area contributed by atoms with Gasteiger partial charge in [-0.25, -0.2) is 9.97 Å². The number of aromatic nitrogens is 2. The van der Waals surface area contributed by atoms with E-state index in [0.717, 1.165) is 35.9 Å². The van der Waals surface area contributed by atoms with E-state index in [9.17, 15) is 4.79 Å². The molecule has 3 aromatic rings. The van der Waals surface area contributed by atoms with Crippen LogP contribution in [0.1, 0.15) is 36.5 Å². The fraction of sp³-hybridized carbons (Fsp3) is 0.435. The van der Waals surface area contributed by atoms with Gasteiger partial charge in [-0.05, 0) is 36.5 Å². The molecule has 2 atom stereocenters. The van der Waals surface area contributed by atoms with E-state index in [2.05, 4.69) is 34.0 Å². The van der Waals surface area contributed by atoms with Crippen LogP contribution in [0.3, 0.4) is 0 Å². The third kappa shape index (κ3) is 5.28. The van der Waals surface area contributed by atoms with Crippen molar-refractivity contribution in [3.05, 3.63) is 40.3 Å². The molecule has 2 aromatic heterocycles. The summed E-state index contributed by atoms with van der Waals surface area (Å²) in [5, 5.41) is 8.01. The van der Waals surface area contributed by atoms with E-state index in [0.29, 0.717) is 34.2 Å². The summed E-state index contributed by atoms with van der Waals surface area (Å²) in [4.78, 5) is 24.3. The summed E-state index contributed by atoms with van der Waals surface area (Å²) in [5.41, 5.74) is 2.24. The smallest absolute Gasteiger partial charge is 0.276 e. The van der Waals surface area contributed by atoms with Gasteiger partial charge >= 0.3 is 0 Å². The van der Waals surface area contributed by atoms with Gasteiger partial charge in [-0.15, -0.1) is 22.7 Å². The molecule has 32 heavy (non-hydrogen) atoms. The first-order valence-electron chi connectivity index (χ1n) is 10.6. The van der Waals surface area contributed by atoms with Gasteiger partial charge in [0.2, 0.25) is 0 Å². The van der Waals surface area contributed by atoms with Crippen molar-refractivity contribution in [1.82, 2.24) is 14.9 Å². The number of hydrogen-bond donors (Lipinski definition) is 1. The Morgan fingerprint density at radius 2 is 1.84 bits per heavy atom. The zero-order chi connectivity index (χ0) is 22.7. The Morgan fingerprint density at radius 3 is 2.56 bits per heavy atom. The van der Waals surface area contributed by atoms with Crippen molar-refractivity contribution in [3.63, 3.8) is 0 Å². The molecular formula is C23H28N4O3S2. The highest BCUT2D eigenvalue weighted by Crippen LogP contribution is 2.33. The molecule has 1 fully saturated rings. The largest absolute Gasteiger partial charge is 0.493 e. The lowest BCUT2D eigenvalue weighted by Gasteiger charge is -2.34. The molecule has 0 unspecified atom stereocenters. The summed E-state index contributed by atoms with van der Waals surface area (Å²) in [6.45, 7) is 7.63. The van der Waals surface area contributed by atoms with Crippen LogP contribution in [0.25, 0.3) is 10.6 Å². The highest BCUT2D eigenvalue weighted by molar-refractivity contribution is 7.14. The standard InChI is InChI=1S/C23H28N4O3S2/c1-14-7-15(2)10-27(9-14)11-17-12-32-23(24-17)26-21(28)18-13-31-22(25-18)16-5-6-19(29-3)20(8-16)30-4/h5-6,8,12-15H,7,9-11H2,1-4H3,(H,24,26,28)/t14-,15+. The van der Waals surface area contributed by atoms with Crippen molar-refractivity contribution < 1.29 is 14.3 Å². The van der Waals surface area contributed by atoms with Gasteiger partial charge < -0.3 is 9.47 Å².